The van der Waals surface area contributed by atoms with Gasteiger partial charge in [0.2, 0.25) is 0 Å². The number of likely N-dealkylation sites (tertiary alicyclic amines) is 1. The van der Waals surface area contributed by atoms with Crippen molar-refractivity contribution < 1.29 is 8.42 Å². The molecule has 2 aromatic rings. The number of hydrogen-bond donors (Lipinski definition) is 1. The summed E-state index contributed by atoms with van der Waals surface area (Å²) in [4.78, 5) is 2.49. The van der Waals surface area contributed by atoms with Gasteiger partial charge in [0.25, 0.3) is 10.0 Å². The quantitative estimate of drug-likeness (QED) is 0.917. The summed E-state index contributed by atoms with van der Waals surface area (Å²) in [5.74, 6) is 0.476. The molecule has 0 amide bonds. The lowest BCUT2D eigenvalue weighted by molar-refractivity contribution is 0.294. The smallest absolute Gasteiger partial charge is 0.286 e. The molecule has 4 rings (SSSR count). The van der Waals surface area contributed by atoms with E-state index in [4.69, 9.17) is 0 Å². The number of fused-ring (bicyclic) bond motifs is 1. The maximum atomic E-state index is 12.4. The van der Waals surface area contributed by atoms with Crippen LogP contribution in [0.3, 0.4) is 0 Å². The standard InChI is InChI=1S/C16H19N5O2S/c1-20-10-12(9-17-20)14-6-4-8-21(14)11-16-18-13-5-2-3-7-15(13)24(22,23)19-16/h2-3,5,7,9-10,14H,4,6,8,11H2,1H3,(H,18,19)/t14-/m0/s1. The topological polar surface area (TPSA) is 79.6 Å². The molecule has 24 heavy (non-hydrogen) atoms. The summed E-state index contributed by atoms with van der Waals surface area (Å²) in [6.45, 7) is 1.40. The van der Waals surface area contributed by atoms with E-state index < -0.39 is 10.0 Å². The van der Waals surface area contributed by atoms with Crippen molar-refractivity contribution in [2.24, 2.45) is 11.4 Å². The maximum absolute atomic E-state index is 12.4. The highest BCUT2D eigenvalue weighted by Gasteiger charge is 2.30. The van der Waals surface area contributed by atoms with E-state index in [-0.39, 0.29) is 10.9 Å². The Morgan fingerprint density at radius 3 is 2.96 bits per heavy atom. The van der Waals surface area contributed by atoms with Crippen molar-refractivity contribution in [1.82, 2.24) is 14.7 Å². The van der Waals surface area contributed by atoms with Crippen LogP contribution in [-0.4, -0.2) is 42.0 Å². The first-order chi connectivity index (χ1) is 11.5. The van der Waals surface area contributed by atoms with Gasteiger partial charge in [0.05, 0.1) is 18.4 Å². The lowest BCUT2D eigenvalue weighted by atomic mass is 10.1. The van der Waals surface area contributed by atoms with Crippen LogP contribution >= 0.6 is 0 Å². The van der Waals surface area contributed by atoms with E-state index in [1.807, 2.05) is 25.5 Å². The van der Waals surface area contributed by atoms with Gasteiger partial charge in [-0.1, -0.05) is 12.1 Å². The summed E-state index contributed by atoms with van der Waals surface area (Å²) in [5.41, 5.74) is 1.76. The zero-order valence-corrected chi connectivity index (χ0v) is 14.2. The van der Waals surface area contributed by atoms with Crippen LogP contribution in [0.1, 0.15) is 24.4 Å². The third kappa shape index (κ3) is 2.71. The molecule has 2 aliphatic heterocycles. The number of nitrogens with one attached hydrogen (secondary N) is 1. The number of hydrogen-bond acceptors (Lipinski definition) is 5. The van der Waals surface area contributed by atoms with Crippen molar-refractivity contribution in [1.29, 1.82) is 0 Å². The summed E-state index contributed by atoms with van der Waals surface area (Å²) in [6.07, 6.45) is 6.02. The molecule has 0 saturated carbocycles. The fourth-order valence-corrected chi connectivity index (χ4v) is 4.57. The molecule has 0 radical (unpaired) electrons. The third-order valence-corrected chi connectivity index (χ3v) is 5.87. The lowest BCUT2D eigenvalue weighted by Crippen LogP contribution is -2.35. The van der Waals surface area contributed by atoms with Gasteiger partial charge in [-0.3, -0.25) is 9.58 Å². The van der Waals surface area contributed by atoms with Gasteiger partial charge in [-0.05, 0) is 31.5 Å². The normalized spacial score (nSPS) is 22.7. The van der Waals surface area contributed by atoms with E-state index in [9.17, 15) is 8.42 Å². The van der Waals surface area contributed by atoms with Gasteiger partial charge in [0, 0.05) is 24.8 Å². The van der Waals surface area contributed by atoms with E-state index in [0.717, 1.165) is 24.9 Å². The van der Waals surface area contributed by atoms with Crippen LogP contribution in [0.15, 0.2) is 46.0 Å². The minimum Gasteiger partial charge on any atom is -0.341 e. The van der Waals surface area contributed by atoms with Crippen molar-refractivity contribution in [3.63, 3.8) is 0 Å². The van der Waals surface area contributed by atoms with E-state index in [1.165, 1.54) is 0 Å². The van der Waals surface area contributed by atoms with E-state index >= 15 is 0 Å². The molecule has 0 bridgehead atoms. The van der Waals surface area contributed by atoms with Crippen LogP contribution in [0.25, 0.3) is 0 Å². The predicted molar refractivity (Wildman–Crippen MR) is 91.4 cm³/mol. The number of benzene rings is 1. The average Bonchev–Trinajstić information content (AvgIpc) is 3.15. The third-order valence-electron chi connectivity index (χ3n) is 4.50. The number of aromatic nitrogens is 2. The van der Waals surface area contributed by atoms with Gasteiger partial charge in [-0.25, -0.2) is 0 Å². The minimum absolute atomic E-state index is 0.235. The molecule has 0 aliphatic carbocycles. The van der Waals surface area contributed by atoms with Crippen LogP contribution in [0.2, 0.25) is 0 Å². The van der Waals surface area contributed by atoms with Crippen molar-refractivity contribution in [3.05, 3.63) is 42.2 Å². The van der Waals surface area contributed by atoms with Crippen molar-refractivity contribution in [2.45, 2.75) is 23.8 Å². The number of rotatable bonds is 3. The van der Waals surface area contributed by atoms with Gasteiger partial charge >= 0.3 is 0 Å². The Labute approximate surface area is 141 Å². The molecule has 3 heterocycles. The Kier molecular flexibility index (Phi) is 3.65. The molecule has 0 spiro atoms. The Morgan fingerprint density at radius 2 is 2.17 bits per heavy atom. The number of sulfonamides is 1. The number of para-hydroxylation sites is 1. The highest BCUT2D eigenvalue weighted by atomic mass is 32.2. The van der Waals surface area contributed by atoms with Crippen molar-refractivity contribution >= 4 is 21.5 Å². The molecule has 1 aromatic heterocycles. The van der Waals surface area contributed by atoms with Crippen LogP contribution < -0.4 is 5.32 Å². The molecule has 1 aromatic carbocycles. The largest absolute Gasteiger partial charge is 0.341 e. The number of aryl methyl sites for hydroxylation is 1. The zero-order chi connectivity index (χ0) is 16.7. The van der Waals surface area contributed by atoms with E-state index in [1.54, 1.807) is 22.9 Å². The predicted octanol–water partition coefficient (Wildman–Crippen LogP) is 1.77. The van der Waals surface area contributed by atoms with Gasteiger partial charge in [-0.2, -0.15) is 13.5 Å². The first-order valence-corrected chi connectivity index (χ1v) is 9.39. The van der Waals surface area contributed by atoms with E-state index in [2.05, 4.69) is 19.7 Å². The summed E-state index contributed by atoms with van der Waals surface area (Å²) < 4.78 is 30.5. The monoisotopic (exact) mass is 345 g/mol. The van der Waals surface area contributed by atoms with Crippen LogP contribution in [0.5, 0.6) is 0 Å². The molecule has 0 unspecified atom stereocenters. The fourth-order valence-electron chi connectivity index (χ4n) is 3.43. The fraction of sp³-hybridized carbons (Fsp3) is 0.375. The van der Waals surface area contributed by atoms with Crippen LogP contribution in [0.4, 0.5) is 5.69 Å². The number of nitrogens with zero attached hydrogens (tertiary/aromatic N) is 4. The molecule has 1 atom stereocenters. The van der Waals surface area contributed by atoms with Gasteiger partial charge < -0.3 is 5.32 Å². The van der Waals surface area contributed by atoms with Gasteiger partial charge in [-0.15, -0.1) is 4.40 Å². The van der Waals surface area contributed by atoms with E-state index in [0.29, 0.717) is 18.1 Å². The molecule has 126 valence electrons. The number of amidine groups is 1. The SMILES string of the molecule is Cn1cc([C@@H]2CCCN2CC2=NS(=O)(=O)c3ccccc3N2)cn1. The van der Waals surface area contributed by atoms with Gasteiger partial charge in [0.15, 0.2) is 0 Å². The first kappa shape index (κ1) is 15.3. The highest BCUT2D eigenvalue weighted by Crippen LogP contribution is 2.32. The molecule has 1 N–H and O–H groups in total. The molecule has 1 fully saturated rings. The van der Waals surface area contributed by atoms with Crippen molar-refractivity contribution in [2.75, 3.05) is 18.4 Å². The highest BCUT2D eigenvalue weighted by molar-refractivity contribution is 7.90. The Morgan fingerprint density at radius 1 is 1.33 bits per heavy atom. The lowest BCUT2D eigenvalue weighted by Gasteiger charge is -2.26. The Bertz CT molecular complexity index is 903. The summed E-state index contributed by atoms with van der Waals surface area (Å²) in [6, 6.07) is 7.12. The Hall–Kier alpha value is -2.19. The molecule has 2 aliphatic rings. The van der Waals surface area contributed by atoms with Gasteiger partial charge in [0.1, 0.15) is 10.7 Å². The second kappa shape index (κ2) is 5.71. The number of anilines is 1. The molecule has 7 nitrogen and oxygen atoms in total. The summed E-state index contributed by atoms with van der Waals surface area (Å²) >= 11 is 0. The van der Waals surface area contributed by atoms with Crippen LogP contribution in [0, 0.1) is 0 Å². The molecular formula is C16H19N5O2S. The second-order valence-corrected chi connectivity index (χ2v) is 7.78. The molecule has 8 heteroatoms. The average molecular weight is 345 g/mol. The summed E-state index contributed by atoms with van der Waals surface area (Å²) in [5, 5.41) is 7.41. The molecule has 1 saturated heterocycles. The first-order valence-electron chi connectivity index (χ1n) is 7.95. The van der Waals surface area contributed by atoms with Crippen molar-refractivity contribution in [3.8, 4) is 0 Å². The minimum atomic E-state index is -3.63. The second-order valence-electron chi connectivity index (χ2n) is 6.21. The summed E-state index contributed by atoms with van der Waals surface area (Å²) in [7, 11) is -1.73. The maximum Gasteiger partial charge on any atom is 0.286 e. The van der Waals surface area contributed by atoms with Crippen LogP contribution in [-0.2, 0) is 17.1 Å². The zero-order valence-electron chi connectivity index (χ0n) is 13.4. The Balaban J connectivity index is 1.58. The molecular weight excluding hydrogens is 326 g/mol.